The van der Waals surface area contributed by atoms with Gasteiger partial charge in [0.2, 0.25) is 6.10 Å². The average Bonchev–Trinajstić information content (AvgIpc) is 2.57. The Morgan fingerprint density at radius 2 is 1.85 bits per heavy atom. The predicted octanol–water partition coefficient (Wildman–Crippen LogP) is 4.12. The van der Waals surface area contributed by atoms with Gasteiger partial charge < -0.3 is 15.9 Å². The number of hydrogen-bond acceptors (Lipinski definition) is 3. The van der Waals surface area contributed by atoms with Crippen LogP contribution in [0.25, 0.3) is 0 Å². The molecule has 26 heavy (non-hydrogen) atoms. The van der Waals surface area contributed by atoms with Crippen molar-refractivity contribution in [3.05, 3.63) is 63.7 Å². The summed E-state index contributed by atoms with van der Waals surface area (Å²) < 4.78 is 0. The Kier molecular flexibility index (Phi) is 6.64. The molecule has 6 heteroatoms. The minimum atomic E-state index is -0.778. The van der Waals surface area contributed by atoms with Gasteiger partial charge in [-0.25, -0.2) is 0 Å². The van der Waals surface area contributed by atoms with Gasteiger partial charge in [0.1, 0.15) is 5.84 Å². The minimum absolute atomic E-state index is 0.250. The number of nitrogens with one attached hydrogen (secondary N) is 1. The van der Waals surface area contributed by atoms with Gasteiger partial charge in [0.15, 0.2) is 0 Å². The van der Waals surface area contributed by atoms with Gasteiger partial charge in [-0.1, -0.05) is 52.7 Å². The predicted molar refractivity (Wildman–Crippen MR) is 107 cm³/mol. The molecule has 0 saturated heterocycles. The van der Waals surface area contributed by atoms with Crippen molar-refractivity contribution in [2.24, 2.45) is 10.9 Å². The molecule has 3 N–H and O–H groups in total. The monoisotopic (exact) mass is 373 g/mol. The number of oxime groups is 1. The van der Waals surface area contributed by atoms with Crippen LogP contribution in [0.5, 0.6) is 0 Å². The zero-order chi connectivity index (χ0) is 19.3. The summed E-state index contributed by atoms with van der Waals surface area (Å²) in [5, 5.41) is 7.36. The van der Waals surface area contributed by atoms with E-state index >= 15 is 0 Å². The van der Waals surface area contributed by atoms with Crippen LogP contribution < -0.4 is 11.1 Å². The quantitative estimate of drug-likeness (QED) is 0.454. The summed E-state index contributed by atoms with van der Waals surface area (Å²) in [4.78, 5) is 17.6. The molecular weight excluding hydrogens is 350 g/mol. The Bertz CT molecular complexity index is 811. The Morgan fingerprint density at radius 1 is 1.23 bits per heavy atom. The SMILES string of the molecule is Cc1cc(C)c(NC(=O)C(C)O/N=C(/N)Cc2ccccc2Cl)c(C)c1. The maximum atomic E-state index is 12.4. The van der Waals surface area contributed by atoms with Crippen LogP contribution in [0.4, 0.5) is 5.69 Å². The number of amides is 1. The highest BCUT2D eigenvalue weighted by Crippen LogP contribution is 2.22. The van der Waals surface area contributed by atoms with Gasteiger partial charge in [0.25, 0.3) is 5.91 Å². The summed E-state index contributed by atoms with van der Waals surface area (Å²) in [5.74, 6) is -0.0326. The molecule has 0 bridgehead atoms. The Balaban J connectivity index is 1.98. The topological polar surface area (TPSA) is 76.7 Å². The Labute approximate surface area is 159 Å². The van der Waals surface area contributed by atoms with E-state index in [2.05, 4.69) is 10.5 Å². The molecule has 5 nitrogen and oxygen atoms in total. The lowest BCUT2D eigenvalue weighted by Gasteiger charge is -2.15. The van der Waals surface area contributed by atoms with E-state index in [0.29, 0.717) is 11.4 Å². The van der Waals surface area contributed by atoms with E-state index in [9.17, 15) is 4.79 Å². The molecule has 2 aromatic rings. The number of halogens is 1. The van der Waals surface area contributed by atoms with Gasteiger partial charge in [-0.15, -0.1) is 0 Å². The van der Waals surface area contributed by atoms with Crippen LogP contribution in [-0.2, 0) is 16.1 Å². The van der Waals surface area contributed by atoms with Crippen LogP contribution >= 0.6 is 11.6 Å². The molecular formula is C20H24ClN3O2. The fourth-order valence-corrected chi connectivity index (χ4v) is 2.87. The molecule has 0 aliphatic rings. The summed E-state index contributed by atoms with van der Waals surface area (Å²) in [5.41, 5.74) is 10.7. The van der Waals surface area contributed by atoms with E-state index in [1.165, 1.54) is 0 Å². The maximum absolute atomic E-state index is 12.4. The van der Waals surface area contributed by atoms with Crippen molar-refractivity contribution < 1.29 is 9.63 Å². The van der Waals surface area contributed by atoms with E-state index in [1.54, 1.807) is 13.0 Å². The third-order valence-electron chi connectivity index (χ3n) is 3.95. The molecule has 1 unspecified atom stereocenters. The van der Waals surface area contributed by atoms with Gasteiger partial charge >= 0.3 is 0 Å². The highest BCUT2D eigenvalue weighted by atomic mass is 35.5. The molecule has 0 aromatic heterocycles. The maximum Gasteiger partial charge on any atom is 0.268 e. The average molecular weight is 374 g/mol. The van der Waals surface area contributed by atoms with Crippen LogP contribution in [0.15, 0.2) is 41.6 Å². The van der Waals surface area contributed by atoms with Crippen molar-refractivity contribution in [1.82, 2.24) is 0 Å². The molecule has 0 saturated carbocycles. The number of benzene rings is 2. The number of carbonyl (C=O) groups excluding carboxylic acids is 1. The van der Waals surface area contributed by atoms with E-state index in [1.807, 2.05) is 51.1 Å². The molecule has 0 spiro atoms. The van der Waals surface area contributed by atoms with Crippen LogP contribution in [0.1, 0.15) is 29.2 Å². The lowest BCUT2D eigenvalue weighted by molar-refractivity contribution is -0.126. The number of nitrogens with zero attached hydrogens (tertiary/aromatic N) is 1. The first-order valence-corrected chi connectivity index (χ1v) is 8.76. The molecule has 2 aromatic carbocycles. The molecule has 0 aliphatic heterocycles. The van der Waals surface area contributed by atoms with Crippen LogP contribution in [0.3, 0.4) is 0 Å². The van der Waals surface area contributed by atoms with Crippen molar-refractivity contribution in [1.29, 1.82) is 0 Å². The molecule has 0 fully saturated rings. The van der Waals surface area contributed by atoms with E-state index in [4.69, 9.17) is 22.2 Å². The molecule has 0 heterocycles. The third kappa shape index (κ3) is 5.23. The van der Waals surface area contributed by atoms with Crippen molar-refractivity contribution in [3.8, 4) is 0 Å². The summed E-state index contributed by atoms with van der Waals surface area (Å²) >= 11 is 6.10. The molecule has 0 radical (unpaired) electrons. The van der Waals surface area contributed by atoms with Gasteiger partial charge in [-0.2, -0.15) is 0 Å². The molecule has 1 atom stereocenters. The fraction of sp³-hybridized carbons (Fsp3) is 0.300. The van der Waals surface area contributed by atoms with E-state index < -0.39 is 6.10 Å². The Hall–Kier alpha value is -2.53. The lowest BCUT2D eigenvalue weighted by Crippen LogP contribution is -2.28. The second-order valence-electron chi connectivity index (χ2n) is 6.36. The van der Waals surface area contributed by atoms with Crippen molar-refractivity contribution in [3.63, 3.8) is 0 Å². The van der Waals surface area contributed by atoms with Crippen molar-refractivity contribution in [2.75, 3.05) is 5.32 Å². The summed E-state index contributed by atoms with van der Waals surface area (Å²) in [6.07, 6.45) is -0.426. The summed E-state index contributed by atoms with van der Waals surface area (Å²) in [6.45, 7) is 7.57. The number of rotatable bonds is 6. The number of hydrogen-bond donors (Lipinski definition) is 2. The standard InChI is InChI=1S/C20H24ClN3O2/c1-12-9-13(2)19(14(3)10-12)23-20(25)15(4)26-24-18(22)11-16-7-5-6-8-17(16)21/h5-10,15H,11H2,1-4H3,(H2,22,24)(H,23,25). The molecule has 1 amide bonds. The zero-order valence-electron chi connectivity index (χ0n) is 15.5. The summed E-state index contributed by atoms with van der Waals surface area (Å²) in [6, 6.07) is 11.4. The fourth-order valence-electron chi connectivity index (χ4n) is 2.67. The second-order valence-corrected chi connectivity index (χ2v) is 6.77. The largest absolute Gasteiger partial charge is 0.384 e. The van der Waals surface area contributed by atoms with E-state index in [0.717, 1.165) is 27.9 Å². The zero-order valence-corrected chi connectivity index (χ0v) is 16.2. The van der Waals surface area contributed by atoms with E-state index in [-0.39, 0.29) is 11.7 Å². The van der Waals surface area contributed by atoms with Crippen LogP contribution in [0.2, 0.25) is 5.02 Å². The molecule has 138 valence electrons. The van der Waals surface area contributed by atoms with Crippen LogP contribution in [0, 0.1) is 20.8 Å². The Morgan fingerprint density at radius 3 is 2.46 bits per heavy atom. The normalized spacial score (nSPS) is 12.6. The molecule has 0 aliphatic carbocycles. The summed E-state index contributed by atoms with van der Waals surface area (Å²) in [7, 11) is 0. The number of amidine groups is 1. The third-order valence-corrected chi connectivity index (χ3v) is 4.32. The van der Waals surface area contributed by atoms with Gasteiger partial charge in [0.05, 0.1) is 0 Å². The van der Waals surface area contributed by atoms with Crippen LogP contribution in [-0.4, -0.2) is 17.8 Å². The van der Waals surface area contributed by atoms with Gasteiger partial charge in [-0.3, -0.25) is 4.79 Å². The minimum Gasteiger partial charge on any atom is -0.384 e. The van der Waals surface area contributed by atoms with Gasteiger partial charge in [0, 0.05) is 17.1 Å². The highest BCUT2D eigenvalue weighted by molar-refractivity contribution is 6.31. The van der Waals surface area contributed by atoms with Crippen molar-refractivity contribution >= 4 is 29.0 Å². The second kappa shape index (κ2) is 8.72. The molecule has 2 rings (SSSR count). The van der Waals surface area contributed by atoms with Crippen molar-refractivity contribution in [2.45, 2.75) is 40.2 Å². The smallest absolute Gasteiger partial charge is 0.268 e. The highest BCUT2D eigenvalue weighted by Gasteiger charge is 2.17. The number of nitrogens with two attached hydrogens (primary N) is 1. The number of carbonyl (C=O) groups is 1. The first-order chi connectivity index (χ1) is 12.3. The number of anilines is 1. The first-order valence-electron chi connectivity index (χ1n) is 8.38. The lowest BCUT2D eigenvalue weighted by atomic mass is 10.0. The number of aryl methyl sites for hydroxylation is 3. The first kappa shape index (κ1) is 19.8. The van der Waals surface area contributed by atoms with Gasteiger partial charge in [-0.05, 0) is 50.5 Å².